The molecule has 4 aromatic rings. The van der Waals surface area contributed by atoms with E-state index in [1.165, 1.54) is 30.1 Å². The molecule has 0 saturated carbocycles. The maximum absolute atomic E-state index is 14.3. The van der Waals surface area contributed by atoms with Crippen LogP contribution in [0.3, 0.4) is 0 Å². The fourth-order valence-electron chi connectivity index (χ4n) is 3.03. The van der Waals surface area contributed by atoms with Crippen LogP contribution in [0.5, 0.6) is 5.75 Å². The van der Waals surface area contributed by atoms with Crippen molar-refractivity contribution in [2.24, 2.45) is 7.05 Å². The molecule has 10 heteroatoms. The van der Waals surface area contributed by atoms with Gasteiger partial charge in [-0.1, -0.05) is 23.4 Å². The lowest BCUT2D eigenvalue weighted by atomic mass is 10.1. The summed E-state index contributed by atoms with van der Waals surface area (Å²) in [6.45, 7) is 0.156. The molecule has 0 radical (unpaired) electrons. The number of halogens is 3. The molecule has 6 nitrogen and oxygen atoms in total. The SMILES string of the molecule is Cn1ccnc1Sc1ccc(Nc2c(C#N)cnc3cc(F)c(OCCCl)cc23)cc1Cl. The third kappa shape index (κ3) is 4.60. The van der Waals surface area contributed by atoms with Gasteiger partial charge in [0.05, 0.1) is 27.7 Å². The summed E-state index contributed by atoms with van der Waals surface area (Å²) in [4.78, 5) is 9.33. The topological polar surface area (TPSA) is 75.8 Å². The number of rotatable bonds is 7. The van der Waals surface area contributed by atoms with Crippen LogP contribution in [0.4, 0.5) is 15.8 Å². The van der Waals surface area contributed by atoms with Crippen molar-refractivity contribution in [3.05, 3.63) is 65.3 Å². The Labute approximate surface area is 197 Å². The number of anilines is 2. The Kier molecular flexibility index (Phi) is 6.70. The fraction of sp³-hybridized carbons (Fsp3) is 0.136. The van der Waals surface area contributed by atoms with E-state index in [4.69, 9.17) is 27.9 Å². The highest BCUT2D eigenvalue weighted by molar-refractivity contribution is 7.99. The molecule has 0 fully saturated rings. The average molecular weight is 488 g/mol. The molecule has 0 aliphatic carbocycles. The number of alkyl halides is 1. The zero-order chi connectivity index (χ0) is 22.7. The zero-order valence-corrected chi connectivity index (χ0v) is 19.1. The number of pyridine rings is 1. The first-order valence-electron chi connectivity index (χ1n) is 9.43. The monoisotopic (exact) mass is 487 g/mol. The van der Waals surface area contributed by atoms with Gasteiger partial charge in [-0.3, -0.25) is 4.98 Å². The Bertz CT molecular complexity index is 1340. The maximum atomic E-state index is 14.3. The van der Waals surface area contributed by atoms with E-state index >= 15 is 0 Å². The molecule has 162 valence electrons. The van der Waals surface area contributed by atoms with Gasteiger partial charge in [0.2, 0.25) is 0 Å². The summed E-state index contributed by atoms with van der Waals surface area (Å²) < 4.78 is 21.6. The first-order chi connectivity index (χ1) is 15.5. The van der Waals surface area contributed by atoms with Gasteiger partial charge in [0.15, 0.2) is 16.7 Å². The number of aryl methyl sites for hydroxylation is 1. The first-order valence-corrected chi connectivity index (χ1v) is 11.2. The number of benzene rings is 2. The Morgan fingerprint density at radius 2 is 2.12 bits per heavy atom. The van der Waals surface area contributed by atoms with E-state index in [-0.39, 0.29) is 18.2 Å². The third-order valence-corrected chi connectivity index (χ3v) is 6.29. The minimum Gasteiger partial charge on any atom is -0.489 e. The van der Waals surface area contributed by atoms with E-state index in [2.05, 4.69) is 21.4 Å². The molecule has 0 aliphatic heterocycles. The fourth-order valence-corrected chi connectivity index (χ4v) is 4.21. The molecule has 32 heavy (non-hydrogen) atoms. The van der Waals surface area contributed by atoms with Gasteiger partial charge in [-0.05, 0) is 24.3 Å². The van der Waals surface area contributed by atoms with Gasteiger partial charge < -0.3 is 14.6 Å². The number of hydrogen-bond donors (Lipinski definition) is 1. The number of fused-ring (bicyclic) bond motifs is 1. The van der Waals surface area contributed by atoms with Gasteiger partial charge >= 0.3 is 0 Å². The summed E-state index contributed by atoms with van der Waals surface area (Å²) in [5.74, 6) is -0.289. The second-order valence-corrected chi connectivity index (χ2v) is 8.48. The number of imidazole rings is 1. The summed E-state index contributed by atoms with van der Waals surface area (Å²) in [6, 6.07) is 10.4. The number of nitrogens with zero attached hydrogens (tertiary/aromatic N) is 4. The zero-order valence-electron chi connectivity index (χ0n) is 16.8. The number of nitriles is 1. The second kappa shape index (κ2) is 9.65. The number of nitrogens with one attached hydrogen (secondary N) is 1. The van der Waals surface area contributed by atoms with Crippen LogP contribution < -0.4 is 10.1 Å². The van der Waals surface area contributed by atoms with Crippen molar-refractivity contribution >= 4 is 57.2 Å². The van der Waals surface area contributed by atoms with Crippen LogP contribution in [0.1, 0.15) is 5.56 Å². The Morgan fingerprint density at radius 1 is 1.28 bits per heavy atom. The Hall–Kier alpha value is -2.99. The molecule has 2 heterocycles. The van der Waals surface area contributed by atoms with Gasteiger partial charge in [0.25, 0.3) is 0 Å². The molecule has 0 spiro atoms. The molecule has 0 bridgehead atoms. The van der Waals surface area contributed by atoms with Gasteiger partial charge in [-0.15, -0.1) is 11.6 Å². The normalized spacial score (nSPS) is 10.8. The molecule has 0 amide bonds. The molecular weight excluding hydrogens is 472 g/mol. The van der Waals surface area contributed by atoms with Crippen molar-refractivity contribution in [1.82, 2.24) is 14.5 Å². The molecule has 2 aromatic heterocycles. The van der Waals surface area contributed by atoms with Crippen LogP contribution in [-0.4, -0.2) is 27.0 Å². The van der Waals surface area contributed by atoms with Crippen molar-refractivity contribution in [3.63, 3.8) is 0 Å². The predicted octanol–water partition coefficient (Wildman–Crippen LogP) is 6.14. The maximum Gasteiger partial charge on any atom is 0.172 e. The quantitative estimate of drug-likeness (QED) is 0.315. The van der Waals surface area contributed by atoms with Crippen LogP contribution in [0.25, 0.3) is 10.9 Å². The van der Waals surface area contributed by atoms with E-state index in [1.807, 2.05) is 29.9 Å². The molecule has 0 unspecified atom stereocenters. The summed E-state index contributed by atoms with van der Waals surface area (Å²) in [6.07, 6.45) is 4.98. The first kappa shape index (κ1) is 22.2. The number of hydrogen-bond acceptors (Lipinski definition) is 6. The Balaban J connectivity index is 1.70. The van der Waals surface area contributed by atoms with E-state index < -0.39 is 5.82 Å². The van der Waals surface area contributed by atoms with Crippen molar-refractivity contribution in [3.8, 4) is 11.8 Å². The van der Waals surface area contributed by atoms with Gasteiger partial charge in [-0.2, -0.15) is 5.26 Å². The van der Waals surface area contributed by atoms with Gasteiger partial charge in [0, 0.05) is 47.7 Å². The average Bonchev–Trinajstić information content (AvgIpc) is 3.19. The molecule has 0 atom stereocenters. The van der Waals surface area contributed by atoms with E-state index in [0.717, 1.165) is 10.1 Å². The summed E-state index contributed by atoms with van der Waals surface area (Å²) in [5.41, 5.74) is 1.83. The molecule has 0 aliphatic rings. The van der Waals surface area contributed by atoms with Crippen LogP contribution in [0, 0.1) is 17.1 Å². The van der Waals surface area contributed by atoms with Crippen molar-refractivity contribution in [2.45, 2.75) is 10.1 Å². The van der Waals surface area contributed by atoms with Crippen LogP contribution in [0.2, 0.25) is 5.02 Å². The lowest BCUT2D eigenvalue weighted by Gasteiger charge is -2.14. The Morgan fingerprint density at radius 3 is 2.81 bits per heavy atom. The standard InChI is InChI=1S/C22H16Cl2FN5OS/c1-30-6-5-27-22(30)32-20-3-2-14(8-16(20)24)29-21-13(11-26)12-28-18-10-17(25)19(9-15(18)21)31-7-4-23/h2-3,5-6,8-10,12H,4,7H2,1H3,(H,28,29). The van der Waals surface area contributed by atoms with E-state index in [0.29, 0.717) is 32.9 Å². The van der Waals surface area contributed by atoms with Crippen molar-refractivity contribution < 1.29 is 9.13 Å². The minimum atomic E-state index is -0.551. The van der Waals surface area contributed by atoms with Gasteiger partial charge in [0.1, 0.15) is 12.7 Å². The van der Waals surface area contributed by atoms with Crippen LogP contribution in [0.15, 0.2) is 59.0 Å². The molecular formula is C22H16Cl2FN5OS. The van der Waals surface area contributed by atoms with Gasteiger partial charge in [-0.25, -0.2) is 9.37 Å². The minimum absolute atomic E-state index is 0.0398. The largest absolute Gasteiger partial charge is 0.489 e. The summed E-state index contributed by atoms with van der Waals surface area (Å²) >= 11 is 13.6. The van der Waals surface area contributed by atoms with E-state index in [9.17, 15) is 9.65 Å². The van der Waals surface area contributed by atoms with Crippen LogP contribution >= 0.6 is 35.0 Å². The lowest BCUT2D eigenvalue weighted by Crippen LogP contribution is -2.02. The highest BCUT2D eigenvalue weighted by Crippen LogP contribution is 2.37. The van der Waals surface area contributed by atoms with Crippen molar-refractivity contribution in [1.29, 1.82) is 5.26 Å². The molecule has 1 N–H and O–H groups in total. The smallest absolute Gasteiger partial charge is 0.172 e. The number of ether oxygens (including phenoxy) is 1. The van der Waals surface area contributed by atoms with E-state index in [1.54, 1.807) is 12.3 Å². The second-order valence-electron chi connectivity index (χ2n) is 6.69. The molecule has 0 saturated heterocycles. The lowest BCUT2D eigenvalue weighted by molar-refractivity contribution is 0.324. The van der Waals surface area contributed by atoms with Crippen LogP contribution in [-0.2, 0) is 7.05 Å². The summed E-state index contributed by atoms with van der Waals surface area (Å²) in [5, 5.41) is 14.7. The predicted molar refractivity (Wildman–Crippen MR) is 125 cm³/mol. The third-order valence-electron chi connectivity index (χ3n) is 4.56. The van der Waals surface area contributed by atoms with Crippen molar-refractivity contribution in [2.75, 3.05) is 17.8 Å². The molecule has 2 aromatic carbocycles. The number of aromatic nitrogens is 3. The highest BCUT2D eigenvalue weighted by Gasteiger charge is 2.15. The highest BCUT2D eigenvalue weighted by atomic mass is 35.5. The summed E-state index contributed by atoms with van der Waals surface area (Å²) in [7, 11) is 1.91. The molecule has 4 rings (SSSR count).